The number of aromatic nitrogens is 1. The molecule has 1 saturated carbocycles. The molecule has 5 nitrogen and oxygen atoms in total. The Balaban J connectivity index is 0.00000261. The number of nitrogens with two attached hydrogens (primary N) is 1. The molecule has 0 bridgehead atoms. The van der Waals surface area contributed by atoms with Crippen molar-refractivity contribution in [2.45, 2.75) is 44.3 Å². The largest absolute Gasteiger partial charge is 0.419 e. The Morgan fingerprint density at radius 2 is 2.07 bits per heavy atom. The molecule has 1 aromatic heterocycles. The summed E-state index contributed by atoms with van der Waals surface area (Å²) in [4.78, 5) is 18.2. The molecule has 152 valence electrons. The molecule has 1 aromatic rings. The van der Waals surface area contributed by atoms with Crippen LogP contribution in [-0.4, -0.2) is 36.6 Å². The number of pyridine rings is 1. The zero-order chi connectivity index (χ0) is 18.7. The Bertz CT molecular complexity index is 643. The molecule has 3 rings (SSSR count). The Morgan fingerprint density at radius 1 is 1.30 bits per heavy atom. The van der Waals surface area contributed by atoms with E-state index in [1.165, 1.54) is 12.3 Å². The maximum absolute atomic E-state index is 13.3. The molecular formula is C18H26ClF3N4O. The van der Waals surface area contributed by atoms with Gasteiger partial charge < -0.3 is 16.0 Å². The summed E-state index contributed by atoms with van der Waals surface area (Å²) < 4.78 is 39.8. The molecule has 1 saturated heterocycles. The highest BCUT2D eigenvalue weighted by molar-refractivity contribution is 5.85. The van der Waals surface area contributed by atoms with Gasteiger partial charge in [0.1, 0.15) is 5.82 Å². The maximum atomic E-state index is 13.3. The molecule has 0 radical (unpaired) electrons. The van der Waals surface area contributed by atoms with Crippen LogP contribution in [-0.2, 0) is 11.0 Å². The monoisotopic (exact) mass is 406 g/mol. The van der Waals surface area contributed by atoms with E-state index in [0.29, 0.717) is 31.8 Å². The Kier molecular flexibility index (Phi) is 7.33. The number of anilines is 1. The van der Waals surface area contributed by atoms with Gasteiger partial charge in [0.05, 0.1) is 11.5 Å². The third-order valence-electron chi connectivity index (χ3n) is 5.47. The van der Waals surface area contributed by atoms with Crippen molar-refractivity contribution < 1.29 is 18.0 Å². The second-order valence-electron chi connectivity index (χ2n) is 7.20. The van der Waals surface area contributed by atoms with E-state index in [9.17, 15) is 18.0 Å². The lowest BCUT2D eigenvalue weighted by atomic mass is 9.95. The topological polar surface area (TPSA) is 71.2 Å². The molecule has 3 atom stereocenters. The van der Waals surface area contributed by atoms with E-state index < -0.39 is 11.7 Å². The van der Waals surface area contributed by atoms with Crippen molar-refractivity contribution in [1.29, 1.82) is 0 Å². The molecule has 1 aliphatic heterocycles. The number of halogens is 4. The molecule has 0 spiro atoms. The van der Waals surface area contributed by atoms with Crippen molar-refractivity contribution in [2.75, 3.05) is 24.5 Å². The molecule has 27 heavy (non-hydrogen) atoms. The second-order valence-corrected chi connectivity index (χ2v) is 7.20. The normalized spacial score (nSPS) is 25.8. The van der Waals surface area contributed by atoms with E-state index in [1.54, 1.807) is 4.90 Å². The maximum Gasteiger partial charge on any atom is 0.419 e. The van der Waals surface area contributed by atoms with Crippen LogP contribution in [0.4, 0.5) is 19.0 Å². The molecule has 1 aliphatic carbocycles. The molecule has 9 heteroatoms. The van der Waals surface area contributed by atoms with Crippen LogP contribution in [0.1, 0.15) is 37.7 Å². The minimum Gasteiger partial charge on any atom is -0.355 e. The van der Waals surface area contributed by atoms with Gasteiger partial charge in [-0.25, -0.2) is 4.98 Å². The lowest BCUT2D eigenvalue weighted by Crippen LogP contribution is -2.48. The van der Waals surface area contributed by atoms with E-state index in [2.05, 4.69) is 10.3 Å². The van der Waals surface area contributed by atoms with Gasteiger partial charge in [-0.1, -0.05) is 6.42 Å². The lowest BCUT2D eigenvalue weighted by molar-refractivity contribution is -0.137. The minimum absolute atomic E-state index is 0. The van der Waals surface area contributed by atoms with Gasteiger partial charge in [0, 0.05) is 25.3 Å². The summed E-state index contributed by atoms with van der Waals surface area (Å²) in [5.74, 6) is -0.195. The molecule has 0 aromatic carbocycles. The molecule has 3 N–H and O–H groups in total. The van der Waals surface area contributed by atoms with Crippen molar-refractivity contribution in [2.24, 2.45) is 17.6 Å². The highest BCUT2D eigenvalue weighted by atomic mass is 35.5. The number of piperidine rings is 1. The summed E-state index contributed by atoms with van der Waals surface area (Å²) in [5, 5.41) is 3.08. The van der Waals surface area contributed by atoms with Crippen LogP contribution in [0.25, 0.3) is 0 Å². The Morgan fingerprint density at radius 3 is 2.78 bits per heavy atom. The molecular weight excluding hydrogens is 381 g/mol. The highest BCUT2D eigenvalue weighted by Gasteiger charge is 2.38. The number of rotatable bonds is 4. The van der Waals surface area contributed by atoms with Crippen LogP contribution in [0.2, 0.25) is 0 Å². The number of nitrogens with one attached hydrogen (secondary N) is 1. The van der Waals surface area contributed by atoms with Crippen LogP contribution < -0.4 is 16.0 Å². The number of nitrogens with zero attached hydrogens (tertiary/aromatic N) is 2. The predicted octanol–water partition coefficient (Wildman–Crippen LogP) is 2.98. The fourth-order valence-electron chi connectivity index (χ4n) is 4.06. The second kappa shape index (κ2) is 9.10. The van der Waals surface area contributed by atoms with E-state index in [4.69, 9.17) is 5.73 Å². The van der Waals surface area contributed by atoms with Gasteiger partial charge >= 0.3 is 6.18 Å². The molecule has 2 heterocycles. The summed E-state index contributed by atoms with van der Waals surface area (Å²) >= 11 is 0. The Labute approximate surface area is 163 Å². The van der Waals surface area contributed by atoms with Gasteiger partial charge in [-0.15, -0.1) is 12.4 Å². The van der Waals surface area contributed by atoms with E-state index in [1.807, 2.05) is 0 Å². The van der Waals surface area contributed by atoms with Crippen molar-refractivity contribution in [1.82, 2.24) is 10.3 Å². The summed E-state index contributed by atoms with van der Waals surface area (Å²) in [6.07, 6.45) is 1.22. The first-order chi connectivity index (χ1) is 12.4. The summed E-state index contributed by atoms with van der Waals surface area (Å²) in [6.45, 7) is 1.27. The van der Waals surface area contributed by atoms with Crippen molar-refractivity contribution in [3.8, 4) is 0 Å². The first-order valence-corrected chi connectivity index (χ1v) is 9.17. The van der Waals surface area contributed by atoms with Gasteiger partial charge in [0.2, 0.25) is 5.91 Å². The number of hydrogen-bond acceptors (Lipinski definition) is 4. The molecule has 2 aliphatic rings. The summed E-state index contributed by atoms with van der Waals surface area (Å²) in [5.41, 5.74) is 5.01. The average molecular weight is 407 g/mol. The molecule has 1 amide bonds. The number of carbonyl (C=O) groups excluding carboxylic acids is 1. The van der Waals surface area contributed by atoms with Crippen LogP contribution >= 0.6 is 12.4 Å². The van der Waals surface area contributed by atoms with Gasteiger partial charge in [0.25, 0.3) is 0 Å². The van der Waals surface area contributed by atoms with Crippen LogP contribution in [0.3, 0.4) is 0 Å². The van der Waals surface area contributed by atoms with Crippen molar-refractivity contribution in [3.63, 3.8) is 0 Å². The molecule has 2 fully saturated rings. The number of alkyl halides is 3. The van der Waals surface area contributed by atoms with Crippen LogP contribution in [0.5, 0.6) is 0 Å². The fraction of sp³-hybridized carbons (Fsp3) is 0.667. The fourth-order valence-corrected chi connectivity index (χ4v) is 4.06. The smallest absolute Gasteiger partial charge is 0.355 e. The van der Waals surface area contributed by atoms with Gasteiger partial charge in [-0.2, -0.15) is 13.2 Å². The first-order valence-electron chi connectivity index (χ1n) is 9.17. The number of hydrogen-bond donors (Lipinski definition) is 2. The average Bonchev–Trinajstić information content (AvgIpc) is 3.08. The predicted molar refractivity (Wildman–Crippen MR) is 99.8 cm³/mol. The number of amides is 1. The Hall–Kier alpha value is -1.54. The van der Waals surface area contributed by atoms with Crippen LogP contribution in [0, 0.1) is 11.8 Å². The number of carbonyl (C=O) groups is 1. The SMILES string of the molecule is Cl.NCC1CCCC1NC(=O)C1CCCN(c2ncccc2C(F)(F)F)C1. The minimum atomic E-state index is -4.46. The van der Waals surface area contributed by atoms with Gasteiger partial charge in [-0.05, 0) is 50.3 Å². The van der Waals surface area contributed by atoms with Crippen molar-refractivity contribution >= 4 is 24.1 Å². The van der Waals surface area contributed by atoms with E-state index in [0.717, 1.165) is 25.3 Å². The zero-order valence-electron chi connectivity index (χ0n) is 15.0. The third-order valence-corrected chi connectivity index (χ3v) is 5.47. The molecule has 3 unspecified atom stereocenters. The highest BCUT2D eigenvalue weighted by Crippen LogP contribution is 2.36. The summed E-state index contributed by atoms with van der Waals surface area (Å²) in [7, 11) is 0. The van der Waals surface area contributed by atoms with Crippen LogP contribution in [0.15, 0.2) is 18.3 Å². The van der Waals surface area contributed by atoms with E-state index >= 15 is 0 Å². The standard InChI is InChI=1S/C18H25F3N4O.ClH/c19-18(20,21)14-6-2-8-23-16(14)25-9-3-5-13(11-25)17(26)24-15-7-1-4-12(15)10-22;/h2,6,8,12-13,15H,1,3-5,7,9-11,22H2,(H,24,26);1H. The third kappa shape index (κ3) is 5.04. The quantitative estimate of drug-likeness (QED) is 0.806. The lowest BCUT2D eigenvalue weighted by Gasteiger charge is -2.35. The zero-order valence-corrected chi connectivity index (χ0v) is 15.9. The van der Waals surface area contributed by atoms with Gasteiger partial charge in [0.15, 0.2) is 0 Å². The van der Waals surface area contributed by atoms with E-state index in [-0.39, 0.29) is 42.6 Å². The van der Waals surface area contributed by atoms with Gasteiger partial charge in [-0.3, -0.25) is 4.79 Å². The van der Waals surface area contributed by atoms with Crippen molar-refractivity contribution in [3.05, 3.63) is 23.9 Å². The first kappa shape index (κ1) is 21.8. The summed E-state index contributed by atoms with van der Waals surface area (Å²) in [6, 6.07) is 2.41.